The van der Waals surface area contributed by atoms with E-state index in [0.717, 1.165) is 37.1 Å². The molecule has 1 amide bonds. The topological polar surface area (TPSA) is 83.9 Å². The second-order valence-corrected chi connectivity index (χ2v) is 8.77. The third kappa shape index (κ3) is 4.44. The van der Waals surface area contributed by atoms with E-state index in [4.69, 9.17) is 0 Å². The summed E-state index contributed by atoms with van der Waals surface area (Å²) >= 11 is 0. The first-order valence-electron chi connectivity index (χ1n) is 11.2. The molecule has 0 unspecified atom stereocenters. The molecule has 3 aromatic rings. The highest BCUT2D eigenvalue weighted by molar-refractivity contribution is 6.01. The Labute approximate surface area is 194 Å². The Hall–Kier alpha value is -3.56. The van der Waals surface area contributed by atoms with Gasteiger partial charge in [-0.15, -0.1) is 0 Å². The highest BCUT2D eigenvalue weighted by atomic mass is 19.4. The lowest BCUT2D eigenvalue weighted by molar-refractivity contribution is -0.141. The summed E-state index contributed by atoms with van der Waals surface area (Å²) in [5.74, 6) is 0.720. The van der Waals surface area contributed by atoms with Crippen molar-refractivity contribution in [2.45, 2.75) is 44.4 Å². The van der Waals surface area contributed by atoms with Crippen LogP contribution < -0.4 is 5.32 Å². The second-order valence-electron chi connectivity index (χ2n) is 8.77. The maximum atomic E-state index is 13.9. The van der Waals surface area contributed by atoms with Crippen LogP contribution in [0.5, 0.6) is 0 Å². The van der Waals surface area contributed by atoms with Gasteiger partial charge in [-0.25, -0.2) is 19.9 Å². The van der Waals surface area contributed by atoms with E-state index in [2.05, 4.69) is 25.3 Å². The van der Waals surface area contributed by atoms with E-state index in [0.29, 0.717) is 22.9 Å². The van der Waals surface area contributed by atoms with Gasteiger partial charge in [-0.05, 0) is 50.3 Å². The lowest BCUT2D eigenvalue weighted by Gasteiger charge is -2.36. The van der Waals surface area contributed by atoms with Gasteiger partial charge in [0.1, 0.15) is 5.69 Å². The zero-order valence-corrected chi connectivity index (χ0v) is 18.5. The van der Waals surface area contributed by atoms with Crippen LogP contribution in [0.3, 0.4) is 0 Å². The van der Waals surface area contributed by atoms with Crippen molar-refractivity contribution in [1.82, 2.24) is 24.8 Å². The summed E-state index contributed by atoms with van der Waals surface area (Å²) in [6.45, 7) is 2.19. The van der Waals surface area contributed by atoms with Crippen molar-refractivity contribution in [1.29, 1.82) is 0 Å². The molecule has 2 aliphatic rings. The van der Waals surface area contributed by atoms with Gasteiger partial charge in [0.05, 0.1) is 5.56 Å². The minimum absolute atomic E-state index is 0.103. The summed E-state index contributed by atoms with van der Waals surface area (Å²) in [6, 6.07) is 8.11. The molecule has 1 aliphatic carbocycles. The van der Waals surface area contributed by atoms with Crippen LogP contribution in [0.2, 0.25) is 0 Å². The Morgan fingerprint density at radius 3 is 2.68 bits per heavy atom. The van der Waals surface area contributed by atoms with E-state index in [1.807, 2.05) is 30.0 Å². The molecular formula is C24H23F3N6O. The van der Waals surface area contributed by atoms with Gasteiger partial charge in [0, 0.05) is 42.8 Å². The number of hydrogen-bond acceptors (Lipinski definition) is 6. The largest absolute Gasteiger partial charge is 0.433 e. The van der Waals surface area contributed by atoms with Crippen molar-refractivity contribution in [3.05, 3.63) is 65.7 Å². The number of benzene rings is 1. The van der Waals surface area contributed by atoms with Crippen LogP contribution in [0.4, 0.5) is 19.1 Å². The number of nitrogens with one attached hydrogen (secondary N) is 1. The predicted molar refractivity (Wildman–Crippen MR) is 119 cm³/mol. The number of carbonyl (C=O) groups excluding carboxylic acids is 1. The van der Waals surface area contributed by atoms with Crippen molar-refractivity contribution < 1.29 is 18.0 Å². The number of amides is 1. The van der Waals surface area contributed by atoms with Crippen LogP contribution >= 0.6 is 0 Å². The number of halogens is 3. The maximum Gasteiger partial charge on any atom is 0.433 e. The molecular weight excluding hydrogens is 445 g/mol. The summed E-state index contributed by atoms with van der Waals surface area (Å²) in [6.07, 6.45) is 2.47. The molecule has 1 saturated heterocycles. The Morgan fingerprint density at radius 1 is 1.12 bits per heavy atom. The number of rotatable bonds is 5. The van der Waals surface area contributed by atoms with Gasteiger partial charge in [0.25, 0.3) is 5.91 Å². The van der Waals surface area contributed by atoms with E-state index in [-0.39, 0.29) is 30.5 Å². The number of likely N-dealkylation sites (tertiary alicyclic amines) is 1. The molecule has 2 fully saturated rings. The second kappa shape index (κ2) is 8.66. The van der Waals surface area contributed by atoms with Crippen LogP contribution in [-0.4, -0.2) is 49.4 Å². The van der Waals surface area contributed by atoms with Crippen LogP contribution in [0, 0.1) is 12.8 Å². The van der Waals surface area contributed by atoms with Crippen molar-refractivity contribution in [2.24, 2.45) is 5.92 Å². The molecule has 0 bridgehead atoms. The fraction of sp³-hybridized carbons (Fsp3) is 0.375. The fourth-order valence-corrected chi connectivity index (χ4v) is 4.63. The minimum Gasteiger partial charge on any atom is -0.352 e. The molecule has 0 radical (unpaired) electrons. The number of aromatic nitrogens is 4. The molecule has 1 saturated carbocycles. The highest BCUT2D eigenvalue weighted by Gasteiger charge is 2.50. The van der Waals surface area contributed by atoms with Crippen LogP contribution in [-0.2, 0) is 6.18 Å². The van der Waals surface area contributed by atoms with E-state index in [1.165, 1.54) is 0 Å². The summed E-state index contributed by atoms with van der Waals surface area (Å²) in [5, 5.41) is 2.92. The third-order valence-corrected chi connectivity index (χ3v) is 6.40. The lowest BCUT2D eigenvalue weighted by Crippen LogP contribution is -2.48. The van der Waals surface area contributed by atoms with Gasteiger partial charge >= 0.3 is 6.18 Å². The molecule has 3 heterocycles. The molecule has 0 spiro atoms. The molecule has 1 N–H and O–H groups in total. The summed E-state index contributed by atoms with van der Waals surface area (Å²) in [5.41, 5.74) is 1.13. The van der Waals surface area contributed by atoms with E-state index < -0.39 is 11.9 Å². The molecule has 2 aromatic heterocycles. The smallest absolute Gasteiger partial charge is 0.352 e. The van der Waals surface area contributed by atoms with Gasteiger partial charge in [-0.2, -0.15) is 13.2 Å². The SMILES string of the molecule is Cc1ccc(-c2ncccn2)c(C(=O)N2[C@H](CNc3nccc(C(F)(F)F)n3)CC[C@@H]3C[C@@H]32)c1. The van der Waals surface area contributed by atoms with E-state index >= 15 is 0 Å². The first-order chi connectivity index (χ1) is 16.3. The van der Waals surface area contributed by atoms with Gasteiger partial charge < -0.3 is 10.2 Å². The third-order valence-electron chi connectivity index (χ3n) is 6.40. The highest BCUT2D eigenvalue weighted by Crippen LogP contribution is 2.46. The van der Waals surface area contributed by atoms with Crippen LogP contribution in [0.15, 0.2) is 48.9 Å². The van der Waals surface area contributed by atoms with Crippen molar-refractivity contribution in [3.63, 3.8) is 0 Å². The molecule has 3 atom stereocenters. The number of fused-ring (bicyclic) bond motifs is 1. The Bertz CT molecular complexity index is 1200. The molecule has 1 aromatic carbocycles. The number of alkyl halides is 3. The van der Waals surface area contributed by atoms with E-state index in [9.17, 15) is 18.0 Å². The maximum absolute atomic E-state index is 13.9. The number of carbonyl (C=O) groups is 1. The molecule has 10 heteroatoms. The molecule has 176 valence electrons. The van der Waals surface area contributed by atoms with Gasteiger partial charge in [-0.1, -0.05) is 17.7 Å². The molecule has 5 rings (SSSR count). The van der Waals surface area contributed by atoms with E-state index in [1.54, 1.807) is 18.5 Å². The number of hydrogen-bond donors (Lipinski definition) is 1. The average molecular weight is 468 g/mol. The first-order valence-corrected chi connectivity index (χ1v) is 11.2. The number of anilines is 1. The van der Waals surface area contributed by atoms with Crippen LogP contribution in [0.25, 0.3) is 11.4 Å². The monoisotopic (exact) mass is 468 g/mol. The number of nitrogens with zero attached hydrogens (tertiary/aromatic N) is 5. The summed E-state index contributed by atoms with van der Waals surface area (Å²) < 4.78 is 39.0. The van der Waals surface area contributed by atoms with Gasteiger partial charge in [0.2, 0.25) is 5.95 Å². The van der Waals surface area contributed by atoms with Gasteiger partial charge in [-0.3, -0.25) is 4.79 Å². The van der Waals surface area contributed by atoms with Crippen LogP contribution in [0.1, 0.15) is 40.9 Å². The summed E-state index contributed by atoms with van der Waals surface area (Å²) in [4.78, 5) is 31.9. The quantitative estimate of drug-likeness (QED) is 0.599. The number of piperidine rings is 1. The van der Waals surface area contributed by atoms with Crippen molar-refractivity contribution >= 4 is 11.9 Å². The van der Waals surface area contributed by atoms with Crippen molar-refractivity contribution in [3.8, 4) is 11.4 Å². The summed E-state index contributed by atoms with van der Waals surface area (Å²) in [7, 11) is 0. The Morgan fingerprint density at radius 2 is 1.91 bits per heavy atom. The zero-order valence-electron chi connectivity index (χ0n) is 18.5. The minimum atomic E-state index is -4.55. The Balaban J connectivity index is 1.41. The lowest BCUT2D eigenvalue weighted by atomic mass is 9.97. The fourth-order valence-electron chi connectivity index (χ4n) is 4.63. The van der Waals surface area contributed by atoms with Gasteiger partial charge in [0.15, 0.2) is 5.82 Å². The standard InChI is InChI=1S/C24H23F3N6O/c1-14-3-6-17(21-28-8-2-9-29-21)18(11-14)22(34)33-16(5-4-15-12-19(15)33)13-31-23-30-10-7-20(32-23)24(25,26)27/h2-3,6-11,15-16,19H,4-5,12-13H2,1H3,(H,30,31,32)/t15-,16+,19+/m1/s1. The predicted octanol–water partition coefficient (Wildman–Crippen LogP) is 4.37. The molecule has 1 aliphatic heterocycles. The van der Waals surface area contributed by atoms with Crippen molar-refractivity contribution in [2.75, 3.05) is 11.9 Å². The molecule has 34 heavy (non-hydrogen) atoms. The average Bonchev–Trinajstić information content (AvgIpc) is 3.62. The first kappa shape index (κ1) is 22.2. The Kier molecular flexibility index (Phi) is 5.66. The zero-order chi connectivity index (χ0) is 23.9. The normalized spacial score (nSPS) is 21.6. The molecule has 7 nitrogen and oxygen atoms in total. The number of aryl methyl sites for hydroxylation is 1.